The lowest BCUT2D eigenvalue weighted by molar-refractivity contribution is 0.0922. The first-order valence-corrected chi connectivity index (χ1v) is 9.77. The molecule has 1 atom stereocenters. The fraction of sp³-hybridized carbons (Fsp3) is 0.333. The number of benzene rings is 1. The van der Waals surface area contributed by atoms with Gasteiger partial charge in [-0.25, -0.2) is 4.68 Å². The minimum atomic E-state index is -0.0959. The number of aryl methyl sites for hydroxylation is 2. The van der Waals surface area contributed by atoms with Crippen molar-refractivity contribution in [1.82, 2.24) is 15.1 Å². The van der Waals surface area contributed by atoms with Gasteiger partial charge in [0.2, 0.25) is 0 Å². The Morgan fingerprint density at radius 1 is 1.15 bits per heavy atom. The fourth-order valence-electron chi connectivity index (χ4n) is 2.76. The van der Waals surface area contributed by atoms with Crippen molar-refractivity contribution >= 4 is 17.2 Å². The first kappa shape index (κ1) is 18.4. The lowest BCUT2D eigenvalue weighted by Gasteiger charge is -2.18. The number of aromatic nitrogens is 2. The number of rotatable bonds is 5. The van der Waals surface area contributed by atoms with Crippen molar-refractivity contribution < 1.29 is 4.79 Å². The van der Waals surface area contributed by atoms with Crippen molar-refractivity contribution in [3.8, 4) is 16.3 Å². The van der Waals surface area contributed by atoms with Gasteiger partial charge in [0.1, 0.15) is 11.4 Å². The molecule has 0 fully saturated rings. The minimum Gasteiger partial charge on any atom is -0.348 e. The fourth-order valence-corrected chi connectivity index (χ4v) is 3.44. The average Bonchev–Trinajstić information content (AvgIpc) is 3.24. The van der Waals surface area contributed by atoms with E-state index in [0.29, 0.717) is 11.6 Å². The van der Waals surface area contributed by atoms with Gasteiger partial charge in [0.15, 0.2) is 0 Å². The molecule has 0 spiro atoms. The van der Waals surface area contributed by atoms with E-state index in [0.717, 1.165) is 21.8 Å². The zero-order valence-electron chi connectivity index (χ0n) is 15.9. The van der Waals surface area contributed by atoms with Crippen LogP contribution >= 0.6 is 11.3 Å². The van der Waals surface area contributed by atoms with Crippen LogP contribution in [0.5, 0.6) is 0 Å². The van der Waals surface area contributed by atoms with E-state index in [9.17, 15) is 4.79 Å². The summed E-state index contributed by atoms with van der Waals surface area (Å²) in [6.45, 7) is 10.3. The molecule has 4 nitrogen and oxygen atoms in total. The second kappa shape index (κ2) is 7.46. The van der Waals surface area contributed by atoms with E-state index in [4.69, 9.17) is 5.10 Å². The second-order valence-electron chi connectivity index (χ2n) is 7.10. The summed E-state index contributed by atoms with van der Waals surface area (Å²) in [5, 5.41) is 9.87. The molecule has 0 radical (unpaired) electrons. The van der Waals surface area contributed by atoms with Crippen LogP contribution in [0, 0.1) is 19.8 Å². The molecule has 3 aromatic rings. The lowest BCUT2D eigenvalue weighted by Crippen LogP contribution is -2.37. The smallest absolute Gasteiger partial charge is 0.270 e. The first-order valence-electron chi connectivity index (χ1n) is 8.89. The first-order chi connectivity index (χ1) is 12.4. The number of hydrogen-bond donors (Lipinski definition) is 1. The van der Waals surface area contributed by atoms with Gasteiger partial charge in [0.25, 0.3) is 5.91 Å². The van der Waals surface area contributed by atoms with Crippen LogP contribution in [-0.2, 0) is 0 Å². The molecule has 1 N–H and O–H groups in total. The Balaban J connectivity index is 2.08. The molecular formula is C21H25N3OS. The third kappa shape index (κ3) is 3.73. The lowest BCUT2D eigenvalue weighted by atomic mass is 10.1. The van der Waals surface area contributed by atoms with Crippen LogP contribution in [0.2, 0.25) is 0 Å². The van der Waals surface area contributed by atoms with Crippen LogP contribution in [0.1, 0.15) is 42.4 Å². The number of carbonyl (C=O) groups is 1. The van der Waals surface area contributed by atoms with E-state index in [2.05, 4.69) is 32.2 Å². The molecule has 3 rings (SSSR count). The van der Waals surface area contributed by atoms with Gasteiger partial charge in [-0.2, -0.15) is 5.10 Å². The van der Waals surface area contributed by atoms with E-state index >= 15 is 0 Å². The molecule has 1 aromatic carbocycles. The van der Waals surface area contributed by atoms with Gasteiger partial charge in [-0.1, -0.05) is 37.6 Å². The Bertz CT molecular complexity index is 909. The minimum absolute atomic E-state index is 0.0927. The van der Waals surface area contributed by atoms with Crippen LogP contribution in [0.3, 0.4) is 0 Å². The topological polar surface area (TPSA) is 46.9 Å². The summed E-state index contributed by atoms with van der Waals surface area (Å²) >= 11 is 1.62. The standard InChI is InChI=1S/C21H25N3OS/c1-13(2)16(5)22-21(25)19-12-17(20-7-6-10-26-20)23-24(19)18-9-8-14(3)11-15(18)4/h6-13,16H,1-5H3,(H,22,25). The number of carbonyl (C=O) groups excluding carboxylic acids is 1. The molecule has 0 bridgehead atoms. The Kier molecular flexibility index (Phi) is 5.28. The summed E-state index contributed by atoms with van der Waals surface area (Å²) in [5.41, 5.74) is 4.60. The number of amides is 1. The molecule has 2 aromatic heterocycles. The third-order valence-corrected chi connectivity index (χ3v) is 5.55. The van der Waals surface area contributed by atoms with Gasteiger partial charge in [0, 0.05) is 6.04 Å². The molecule has 0 aliphatic rings. The Labute approximate surface area is 158 Å². The zero-order valence-corrected chi connectivity index (χ0v) is 16.7. The van der Waals surface area contributed by atoms with Crippen LogP contribution < -0.4 is 5.32 Å². The quantitative estimate of drug-likeness (QED) is 0.690. The maximum atomic E-state index is 12.9. The van der Waals surface area contributed by atoms with Crippen molar-refractivity contribution in [3.63, 3.8) is 0 Å². The normalized spacial score (nSPS) is 12.4. The van der Waals surface area contributed by atoms with Gasteiger partial charge >= 0.3 is 0 Å². The van der Waals surface area contributed by atoms with E-state index in [1.165, 1.54) is 5.56 Å². The van der Waals surface area contributed by atoms with E-state index in [-0.39, 0.29) is 11.9 Å². The number of thiophene rings is 1. The molecule has 1 amide bonds. The highest BCUT2D eigenvalue weighted by atomic mass is 32.1. The molecule has 0 saturated heterocycles. The molecule has 0 aliphatic carbocycles. The predicted molar refractivity (Wildman–Crippen MR) is 108 cm³/mol. The highest BCUT2D eigenvalue weighted by Gasteiger charge is 2.21. The highest BCUT2D eigenvalue weighted by molar-refractivity contribution is 7.13. The maximum absolute atomic E-state index is 12.9. The monoisotopic (exact) mass is 367 g/mol. The molecule has 136 valence electrons. The van der Waals surface area contributed by atoms with Gasteiger partial charge in [0.05, 0.1) is 10.6 Å². The van der Waals surface area contributed by atoms with Crippen LogP contribution in [0.4, 0.5) is 0 Å². The SMILES string of the molecule is Cc1ccc(-n2nc(-c3cccs3)cc2C(=O)NC(C)C(C)C)c(C)c1. The van der Waals surface area contributed by atoms with Crippen molar-refractivity contribution in [2.75, 3.05) is 0 Å². The van der Waals surface area contributed by atoms with Crippen LogP contribution in [-0.4, -0.2) is 21.7 Å². The Morgan fingerprint density at radius 2 is 1.92 bits per heavy atom. The summed E-state index contributed by atoms with van der Waals surface area (Å²) in [6.07, 6.45) is 0. The summed E-state index contributed by atoms with van der Waals surface area (Å²) in [4.78, 5) is 14.0. The number of nitrogens with zero attached hydrogens (tertiary/aromatic N) is 2. The second-order valence-corrected chi connectivity index (χ2v) is 8.05. The molecule has 2 heterocycles. The van der Waals surface area contributed by atoms with Crippen molar-refractivity contribution in [3.05, 3.63) is 58.6 Å². The van der Waals surface area contributed by atoms with Crippen molar-refractivity contribution in [2.45, 2.75) is 40.7 Å². The number of hydrogen-bond acceptors (Lipinski definition) is 3. The molecule has 26 heavy (non-hydrogen) atoms. The molecular weight excluding hydrogens is 342 g/mol. The van der Waals surface area contributed by atoms with Gasteiger partial charge < -0.3 is 5.32 Å². The van der Waals surface area contributed by atoms with Gasteiger partial charge in [-0.05, 0) is 55.8 Å². The zero-order chi connectivity index (χ0) is 18.8. The summed E-state index contributed by atoms with van der Waals surface area (Å²) in [5.74, 6) is 0.273. The Hall–Kier alpha value is -2.40. The average molecular weight is 368 g/mol. The summed E-state index contributed by atoms with van der Waals surface area (Å²) < 4.78 is 1.77. The van der Waals surface area contributed by atoms with Crippen molar-refractivity contribution in [1.29, 1.82) is 0 Å². The van der Waals surface area contributed by atoms with Gasteiger partial charge in [-0.3, -0.25) is 4.79 Å². The molecule has 0 aliphatic heterocycles. The summed E-state index contributed by atoms with van der Waals surface area (Å²) in [7, 11) is 0. The molecule has 1 unspecified atom stereocenters. The third-order valence-electron chi connectivity index (χ3n) is 4.65. The summed E-state index contributed by atoms with van der Waals surface area (Å²) in [6, 6.07) is 12.2. The van der Waals surface area contributed by atoms with E-state index in [1.807, 2.05) is 49.6 Å². The maximum Gasteiger partial charge on any atom is 0.270 e. The predicted octanol–water partition coefficient (Wildman–Crippen LogP) is 4.99. The van der Waals surface area contributed by atoms with Crippen LogP contribution in [0.15, 0.2) is 41.8 Å². The van der Waals surface area contributed by atoms with Crippen LogP contribution in [0.25, 0.3) is 16.3 Å². The van der Waals surface area contributed by atoms with E-state index in [1.54, 1.807) is 16.0 Å². The van der Waals surface area contributed by atoms with Gasteiger partial charge in [-0.15, -0.1) is 11.3 Å². The van der Waals surface area contributed by atoms with Crippen molar-refractivity contribution in [2.24, 2.45) is 5.92 Å². The highest BCUT2D eigenvalue weighted by Crippen LogP contribution is 2.27. The van der Waals surface area contributed by atoms with E-state index < -0.39 is 0 Å². The molecule has 5 heteroatoms. The Morgan fingerprint density at radius 3 is 2.54 bits per heavy atom. The molecule has 0 saturated carbocycles. The largest absolute Gasteiger partial charge is 0.348 e. The number of nitrogens with one attached hydrogen (secondary N) is 1.